The van der Waals surface area contributed by atoms with Crippen molar-refractivity contribution in [2.45, 2.75) is 6.92 Å². The molecule has 0 bridgehead atoms. The fourth-order valence-electron chi connectivity index (χ4n) is 1.13. The Bertz CT molecular complexity index is 458. The van der Waals surface area contributed by atoms with Crippen molar-refractivity contribution in [1.29, 1.82) is 5.26 Å². The summed E-state index contributed by atoms with van der Waals surface area (Å²) >= 11 is 0. The molecule has 0 saturated carbocycles. The van der Waals surface area contributed by atoms with Crippen LogP contribution in [0.1, 0.15) is 18.1 Å². The summed E-state index contributed by atoms with van der Waals surface area (Å²) < 4.78 is 0. The molecule has 1 amide bonds. The molecule has 0 radical (unpaired) electrons. The zero-order valence-corrected chi connectivity index (χ0v) is 8.24. The van der Waals surface area contributed by atoms with E-state index in [4.69, 9.17) is 10.4 Å². The van der Waals surface area contributed by atoms with Crippen LogP contribution in [0.25, 0.3) is 5.57 Å². The number of amides is 1. The van der Waals surface area contributed by atoms with E-state index in [1.807, 2.05) is 6.07 Å². The third-order valence-corrected chi connectivity index (χ3v) is 1.81. The molecule has 0 aliphatic rings. The standard InChI is InChI=1S/C11H10N2O2/c1-7(2)9-3-8(6-12)4-10(5-9)13-11(14)15/h3-5,13H,1H2,2H3,(H,14,15). The van der Waals surface area contributed by atoms with Gasteiger partial charge in [0.05, 0.1) is 11.6 Å². The van der Waals surface area contributed by atoms with Crippen LogP contribution < -0.4 is 5.32 Å². The third-order valence-electron chi connectivity index (χ3n) is 1.81. The Morgan fingerprint density at radius 3 is 2.67 bits per heavy atom. The first-order valence-corrected chi connectivity index (χ1v) is 4.24. The second-order valence-electron chi connectivity index (χ2n) is 3.12. The summed E-state index contributed by atoms with van der Waals surface area (Å²) in [5.74, 6) is 0. The monoisotopic (exact) mass is 202 g/mol. The molecule has 0 saturated heterocycles. The molecule has 4 nitrogen and oxygen atoms in total. The highest BCUT2D eigenvalue weighted by Crippen LogP contribution is 2.19. The molecule has 0 fully saturated rings. The molecule has 1 rings (SSSR count). The lowest BCUT2D eigenvalue weighted by atomic mass is 10.1. The Morgan fingerprint density at radius 1 is 1.53 bits per heavy atom. The zero-order chi connectivity index (χ0) is 11.4. The number of nitriles is 1. The quantitative estimate of drug-likeness (QED) is 0.774. The van der Waals surface area contributed by atoms with E-state index >= 15 is 0 Å². The maximum atomic E-state index is 10.4. The number of nitrogens with one attached hydrogen (secondary N) is 1. The largest absolute Gasteiger partial charge is 0.465 e. The minimum Gasteiger partial charge on any atom is -0.465 e. The van der Waals surface area contributed by atoms with Gasteiger partial charge in [-0.3, -0.25) is 5.32 Å². The minimum atomic E-state index is -1.15. The van der Waals surface area contributed by atoms with E-state index in [9.17, 15) is 4.79 Å². The number of rotatable bonds is 2. The number of carbonyl (C=O) groups is 1. The van der Waals surface area contributed by atoms with Crippen molar-refractivity contribution in [2.24, 2.45) is 0 Å². The van der Waals surface area contributed by atoms with E-state index in [2.05, 4.69) is 11.9 Å². The molecule has 0 spiro atoms. The van der Waals surface area contributed by atoms with Crippen molar-refractivity contribution in [2.75, 3.05) is 5.32 Å². The van der Waals surface area contributed by atoms with Crippen LogP contribution in [0.5, 0.6) is 0 Å². The number of hydrogen-bond donors (Lipinski definition) is 2. The van der Waals surface area contributed by atoms with Crippen LogP contribution in [0.3, 0.4) is 0 Å². The van der Waals surface area contributed by atoms with Gasteiger partial charge in [-0.2, -0.15) is 5.26 Å². The summed E-state index contributed by atoms with van der Waals surface area (Å²) in [6.07, 6.45) is -1.15. The van der Waals surface area contributed by atoms with E-state index in [1.54, 1.807) is 19.1 Å². The van der Waals surface area contributed by atoms with Gasteiger partial charge in [-0.1, -0.05) is 12.2 Å². The van der Waals surface area contributed by atoms with Crippen molar-refractivity contribution in [3.05, 3.63) is 35.9 Å². The van der Waals surface area contributed by atoms with Crippen molar-refractivity contribution >= 4 is 17.4 Å². The normalized spacial score (nSPS) is 9.07. The Balaban J connectivity index is 3.18. The number of carboxylic acid groups (broad SMARTS) is 1. The van der Waals surface area contributed by atoms with Crippen LogP contribution in [0, 0.1) is 11.3 Å². The molecule has 2 N–H and O–H groups in total. The Labute approximate surface area is 87.5 Å². The summed E-state index contributed by atoms with van der Waals surface area (Å²) in [4.78, 5) is 10.4. The highest BCUT2D eigenvalue weighted by atomic mass is 16.4. The number of allylic oxidation sites excluding steroid dienone is 1. The van der Waals surface area contributed by atoms with E-state index in [-0.39, 0.29) is 0 Å². The lowest BCUT2D eigenvalue weighted by molar-refractivity contribution is 0.210. The molecule has 1 aromatic rings. The Morgan fingerprint density at radius 2 is 2.20 bits per heavy atom. The summed E-state index contributed by atoms with van der Waals surface area (Å²) in [6.45, 7) is 5.53. The van der Waals surface area contributed by atoms with Gasteiger partial charge in [0.1, 0.15) is 0 Å². The average Bonchev–Trinajstić information content (AvgIpc) is 2.16. The van der Waals surface area contributed by atoms with Gasteiger partial charge in [0.2, 0.25) is 0 Å². The van der Waals surface area contributed by atoms with Crippen LogP contribution >= 0.6 is 0 Å². The summed E-state index contributed by atoms with van der Waals surface area (Å²) in [5.41, 5.74) is 2.30. The number of nitrogens with zero attached hydrogens (tertiary/aromatic N) is 1. The third kappa shape index (κ3) is 2.85. The minimum absolute atomic E-state index is 0.375. The lowest BCUT2D eigenvalue weighted by Crippen LogP contribution is -2.07. The van der Waals surface area contributed by atoms with Crippen molar-refractivity contribution in [3.8, 4) is 6.07 Å². The summed E-state index contributed by atoms with van der Waals surface area (Å²) in [5, 5.41) is 19.5. The lowest BCUT2D eigenvalue weighted by Gasteiger charge is -2.05. The molecule has 4 heteroatoms. The smallest absolute Gasteiger partial charge is 0.409 e. The highest BCUT2D eigenvalue weighted by molar-refractivity contribution is 5.84. The number of anilines is 1. The average molecular weight is 202 g/mol. The molecular weight excluding hydrogens is 192 g/mol. The molecule has 0 aliphatic carbocycles. The van der Waals surface area contributed by atoms with Gasteiger partial charge < -0.3 is 5.11 Å². The highest BCUT2D eigenvalue weighted by Gasteiger charge is 2.03. The molecule has 0 aliphatic heterocycles. The zero-order valence-electron chi connectivity index (χ0n) is 8.24. The van der Waals surface area contributed by atoms with Crippen molar-refractivity contribution < 1.29 is 9.90 Å². The van der Waals surface area contributed by atoms with Gasteiger partial charge in [-0.25, -0.2) is 4.79 Å². The first kappa shape index (κ1) is 10.8. The van der Waals surface area contributed by atoms with Gasteiger partial charge in [-0.15, -0.1) is 0 Å². The molecular formula is C11H10N2O2. The van der Waals surface area contributed by atoms with E-state index in [0.29, 0.717) is 11.3 Å². The molecule has 15 heavy (non-hydrogen) atoms. The number of benzene rings is 1. The van der Waals surface area contributed by atoms with Crippen LogP contribution in [-0.4, -0.2) is 11.2 Å². The SMILES string of the molecule is C=C(C)c1cc(C#N)cc(NC(=O)O)c1. The Kier molecular flexibility index (Phi) is 3.09. The fraction of sp³-hybridized carbons (Fsp3) is 0.0909. The first-order valence-electron chi connectivity index (χ1n) is 4.24. The predicted octanol–water partition coefficient (Wildman–Crippen LogP) is 2.68. The van der Waals surface area contributed by atoms with Crippen LogP contribution in [0.15, 0.2) is 24.8 Å². The van der Waals surface area contributed by atoms with E-state index in [0.717, 1.165) is 11.1 Å². The van der Waals surface area contributed by atoms with Gasteiger partial charge in [-0.05, 0) is 30.7 Å². The van der Waals surface area contributed by atoms with Crippen molar-refractivity contribution in [1.82, 2.24) is 0 Å². The molecule has 1 aromatic carbocycles. The predicted molar refractivity (Wildman–Crippen MR) is 57.5 cm³/mol. The molecule has 0 unspecified atom stereocenters. The molecule has 0 aromatic heterocycles. The van der Waals surface area contributed by atoms with Crippen LogP contribution in [-0.2, 0) is 0 Å². The maximum Gasteiger partial charge on any atom is 0.409 e. The Hall–Kier alpha value is -2.28. The molecule has 0 heterocycles. The van der Waals surface area contributed by atoms with Gasteiger partial charge in [0.15, 0.2) is 0 Å². The molecule has 76 valence electrons. The second-order valence-corrected chi connectivity index (χ2v) is 3.12. The van der Waals surface area contributed by atoms with Crippen molar-refractivity contribution in [3.63, 3.8) is 0 Å². The van der Waals surface area contributed by atoms with Crippen LogP contribution in [0.4, 0.5) is 10.5 Å². The van der Waals surface area contributed by atoms with Gasteiger partial charge in [0, 0.05) is 5.69 Å². The van der Waals surface area contributed by atoms with Gasteiger partial charge in [0.25, 0.3) is 0 Å². The first-order chi connectivity index (χ1) is 7.02. The summed E-state index contributed by atoms with van der Waals surface area (Å²) in [6, 6.07) is 6.73. The molecule has 0 atom stereocenters. The van der Waals surface area contributed by atoms with E-state index < -0.39 is 6.09 Å². The van der Waals surface area contributed by atoms with Crippen LogP contribution in [0.2, 0.25) is 0 Å². The maximum absolute atomic E-state index is 10.4. The van der Waals surface area contributed by atoms with Gasteiger partial charge >= 0.3 is 6.09 Å². The number of hydrogen-bond acceptors (Lipinski definition) is 2. The fourth-order valence-corrected chi connectivity index (χ4v) is 1.13. The summed E-state index contributed by atoms with van der Waals surface area (Å²) in [7, 11) is 0. The van der Waals surface area contributed by atoms with E-state index in [1.165, 1.54) is 6.07 Å². The topological polar surface area (TPSA) is 73.1 Å². The second kappa shape index (κ2) is 4.29.